The fraction of sp³-hybridized carbons (Fsp3) is 0.746. The van der Waals surface area contributed by atoms with Gasteiger partial charge in [0.15, 0.2) is 0 Å². The summed E-state index contributed by atoms with van der Waals surface area (Å²) in [6.45, 7) is 6.88. The Balaban J connectivity index is 1.59. The van der Waals surface area contributed by atoms with Gasteiger partial charge in [0.25, 0.3) is 0 Å². The van der Waals surface area contributed by atoms with E-state index in [2.05, 4.69) is 99.2 Å². The van der Waals surface area contributed by atoms with Crippen LogP contribution in [-0.2, 0) is 12.8 Å². The van der Waals surface area contributed by atoms with Crippen LogP contribution in [0.15, 0.2) is 58.5 Å². The molecule has 0 heterocycles. The quantitative estimate of drug-likeness (QED) is 0.0358. The van der Waals surface area contributed by atoms with Crippen molar-refractivity contribution in [1.29, 1.82) is 0 Å². The molecule has 0 aliphatic heterocycles. The molecule has 0 unspecified atom stereocenters. The van der Waals surface area contributed by atoms with Crippen molar-refractivity contribution in [3.8, 4) is 23.7 Å². The van der Waals surface area contributed by atoms with E-state index >= 15 is 0 Å². The summed E-state index contributed by atoms with van der Waals surface area (Å²) in [6.07, 6.45) is 68.9. The van der Waals surface area contributed by atoms with Crippen LogP contribution in [0.3, 0.4) is 0 Å². The maximum Gasteiger partial charge on any atom is 0.0665 e. The summed E-state index contributed by atoms with van der Waals surface area (Å²) in [4.78, 5) is 10.3. The van der Waals surface area contributed by atoms with Crippen molar-refractivity contribution in [2.45, 2.75) is 342 Å². The normalized spacial score (nSPS) is 11.6. The molecule has 0 amide bonds. The minimum absolute atomic E-state index is 0.952. The summed E-state index contributed by atoms with van der Waals surface area (Å²) in [5.41, 5.74) is 5.87. The second-order valence-corrected chi connectivity index (χ2v) is 22.2. The van der Waals surface area contributed by atoms with E-state index in [0.717, 1.165) is 81.3 Å². The van der Waals surface area contributed by atoms with Crippen LogP contribution in [0.1, 0.15) is 340 Å². The van der Waals surface area contributed by atoms with Gasteiger partial charge in [0.1, 0.15) is 0 Å². The standard InChI is InChI=1S/C71H118N2/c1-4-7-10-12-14-16-18-20-22-24-26-28-30-32-34-36-38-40-42-44-46-48-50-53-59-67-61-55-57-64-70(67)72-66-69(63-52-9-6-3)73-71-65-58-56-62-68(71)60-54-51-49-47-45-43-41-39-37-35-33-31-29-27-25-23-21-19-17-15-13-11-8-5-2/h55-58,61-62,64-66H,4-45,50-54,59-60,63H2,1-3H3. The fourth-order valence-corrected chi connectivity index (χ4v) is 10.4. The molecule has 2 aromatic carbocycles. The predicted molar refractivity (Wildman–Crippen MR) is 330 cm³/mol. The molecule has 412 valence electrons. The number of para-hydroxylation sites is 2. The van der Waals surface area contributed by atoms with E-state index in [1.54, 1.807) is 0 Å². The van der Waals surface area contributed by atoms with Gasteiger partial charge in [0, 0.05) is 31.9 Å². The van der Waals surface area contributed by atoms with Gasteiger partial charge in [-0.2, -0.15) is 0 Å². The van der Waals surface area contributed by atoms with Crippen molar-refractivity contribution >= 4 is 23.3 Å². The zero-order valence-corrected chi connectivity index (χ0v) is 48.9. The Hall–Kier alpha value is -3.10. The van der Waals surface area contributed by atoms with Crippen LogP contribution >= 0.6 is 0 Å². The lowest BCUT2D eigenvalue weighted by Crippen LogP contribution is -2.01. The van der Waals surface area contributed by atoms with E-state index in [9.17, 15) is 0 Å². The Morgan fingerprint density at radius 2 is 0.589 bits per heavy atom. The van der Waals surface area contributed by atoms with E-state index in [-0.39, 0.29) is 0 Å². The molecule has 0 aliphatic carbocycles. The fourth-order valence-electron chi connectivity index (χ4n) is 10.4. The molecule has 0 saturated heterocycles. The monoisotopic (exact) mass is 999 g/mol. The van der Waals surface area contributed by atoms with Crippen LogP contribution in [0.4, 0.5) is 11.4 Å². The van der Waals surface area contributed by atoms with Gasteiger partial charge in [0.2, 0.25) is 0 Å². The van der Waals surface area contributed by atoms with E-state index in [0.29, 0.717) is 0 Å². The van der Waals surface area contributed by atoms with Crippen molar-refractivity contribution in [3.63, 3.8) is 0 Å². The van der Waals surface area contributed by atoms with Crippen LogP contribution < -0.4 is 0 Å². The van der Waals surface area contributed by atoms with Gasteiger partial charge in [-0.25, -0.2) is 0 Å². The second kappa shape index (κ2) is 53.7. The average molecular weight is 1000 g/mol. The average Bonchev–Trinajstić information content (AvgIpc) is 3.41. The highest BCUT2D eigenvalue weighted by Crippen LogP contribution is 2.24. The summed E-state index contributed by atoms with van der Waals surface area (Å²) in [5, 5.41) is 0. The number of aryl methyl sites for hydroxylation is 2. The summed E-state index contributed by atoms with van der Waals surface area (Å²) < 4.78 is 0. The third kappa shape index (κ3) is 42.8. The summed E-state index contributed by atoms with van der Waals surface area (Å²) in [7, 11) is 0. The number of hydrogen-bond donors (Lipinski definition) is 0. The molecular formula is C71H118N2. The van der Waals surface area contributed by atoms with Gasteiger partial charge in [-0.1, -0.05) is 301 Å². The van der Waals surface area contributed by atoms with E-state index in [4.69, 9.17) is 9.98 Å². The molecule has 0 bridgehead atoms. The Bertz CT molecular complexity index is 1680. The first-order valence-corrected chi connectivity index (χ1v) is 32.5. The van der Waals surface area contributed by atoms with Gasteiger partial charge < -0.3 is 0 Å². The number of aliphatic imine (C=N–C) groups is 2. The molecule has 73 heavy (non-hydrogen) atoms. The molecule has 0 fully saturated rings. The maximum absolute atomic E-state index is 5.26. The lowest BCUT2D eigenvalue weighted by molar-refractivity contribution is 0.524. The van der Waals surface area contributed by atoms with Crippen molar-refractivity contribution in [2.24, 2.45) is 9.98 Å². The minimum atomic E-state index is 0.952. The predicted octanol–water partition coefficient (Wildman–Crippen LogP) is 24.0. The van der Waals surface area contributed by atoms with Crippen LogP contribution in [-0.4, -0.2) is 11.9 Å². The number of unbranched alkanes of at least 4 members (excludes halogenated alkanes) is 42. The zero-order chi connectivity index (χ0) is 51.8. The van der Waals surface area contributed by atoms with Crippen molar-refractivity contribution in [1.82, 2.24) is 0 Å². The summed E-state index contributed by atoms with van der Waals surface area (Å²) in [6, 6.07) is 17.4. The molecule has 0 saturated carbocycles. The first-order chi connectivity index (χ1) is 36.3. The lowest BCUT2D eigenvalue weighted by Gasteiger charge is -2.08. The number of rotatable bonds is 51. The van der Waals surface area contributed by atoms with Gasteiger partial charge in [0.05, 0.1) is 17.1 Å². The molecular weight excluding hydrogens is 881 g/mol. The maximum atomic E-state index is 5.26. The molecule has 2 aromatic rings. The molecule has 0 aromatic heterocycles. The molecule has 0 N–H and O–H groups in total. The molecule has 2 heteroatoms. The van der Waals surface area contributed by atoms with E-state index in [1.165, 1.54) is 268 Å². The van der Waals surface area contributed by atoms with Gasteiger partial charge in [-0.05, 0) is 74.6 Å². The highest BCUT2D eigenvalue weighted by Gasteiger charge is 2.06. The van der Waals surface area contributed by atoms with Gasteiger partial charge >= 0.3 is 0 Å². The molecule has 0 radical (unpaired) electrons. The topological polar surface area (TPSA) is 24.7 Å². The van der Waals surface area contributed by atoms with Gasteiger partial charge in [-0.15, -0.1) is 23.7 Å². The largest absolute Gasteiger partial charge is 0.255 e. The highest BCUT2D eigenvalue weighted by atomic mass is 14.8. The third-order valence-corrected chi connectivity index (χ3v) is 15.2. The first-order valence-electron chi connectivity index (χ1n) is 32.5. The Kier molecular flexibility index (Phi) is 48.6. The summed E-state index contributed by atoms with van der Waals surface area (Å²) in [5.74, 6) is 13.9. The molecule has 0 atom stereocenters. The van der Waals surface area contributed by atoms with Crippen molar-refractivity contribution in [3.05, 3.63) is 59.7 Å². The summed E-state index contributed by atoms with van der Waals surface area (Å²) >= 11 is 0. The number of hydrogen-bond acceptors (Lipinski definition) is 2. The van der Waals surface area contributed by atoms with Crippen molar-refractivity contribution in [2.75, 3.05) is 0 Å². The molecule has 0 aliphatic rings. The van der Waals surface area contributed by atoms with E-state index in [1.807, 2.05) is 0 Å². The van der Waals surface area contributed by atoms with Crippen LogP contribution in [0.5, 0.6) is 0 Å². The van der Waals surface area contributed by atoms with Crippen LogP contribution in [0.2, 0.25) is 0 Å². The van der Waals surface area contributed by atoms with Crippen LogP contribution in [0.25, 0.3) is 0 Å². The van der Waals surface area contributed by atoms with E-state index < -0.39 is 0 Å². The smallest absolute Gasteiger partial charge is 0.0665 e. The SMILES string of the molecule is CCCCCCCCCCCCCCCCCCCCCC#CCCCc1ccccc1N=CC(CCCCC)=Nc1ccccc1CCCC#CCCCCCCCCCCCCCCCCCCCCC. The lowest BCUT2D eigenvalue weighted by atomic mass is 10.0. The van der Waals surface area contributed by atoms with Crippen LogP contribution in [0, 0.1) is 23.7 Å². The zero-order valence-electron chi connectivity index (χ0n) is 48.9. The first kappa shape index (κ1) is 66.0. The Morgan fingerprint density at radius 3 is 0.945 bits per heavy atom. The molecule has 2 rings (SSSR count). The Labute approximate surface area is 456 Å². The third-order valence-electron chi connectivity index (χ3n) is 15.2. The highest BCUT2D eigenvalue weighted by molar-refractivity contribution is 6.31. The number of nitrogens with zero attached hydrogens (tertiary/aromatic N) is 2. The Morgan fingerprint density at radius 1 is 0.315 bits per heavy atom. The molecule has 0 spiro atoms. The number of benzene rings is 2. The molecule has 2 nitrogen and oxygen atoms in total. The second-order valence-electron chi connectivity index (χ2n) is 22.2. The minimum Gasteiger partial charge on any atom is -0.255 e. The van der Waals surface area contributed by atoms with Gasteiger partial charge in [-0.3, -0.25) is 9.98 Å². The van der Waals surface area contributed by atoms with Crippen molar-refractivity contribution < 1.29 is 0 Å².